The molecule has 1 amide bonds. The molecule has 3 rings (SSSR count). The number of nitrogens with one attached hydrogen (secondary N) is 1. The molecule has 0 aliphatic heterocycles. The van der Waals surface area contributed by atoms with Crippen molar-refractivity contribution < 1.29 is 14.1 Å². The van der Waals surface area contributed by atoms with Crippen LogP contribution in [0.25, 0.3) is 17.5 Å². The van der Waals surface area contributed by atoms with Crippen molar-refractivity contribution in [1.29, 1.82) is 0 Å². The zero-order valence-electron chi connectivity index (χ0n) is 14.7. The molecule has 8 nitrogen and oxygen atoms in total. The number of nitrogens with zero attached hydrogens (tertiary/aromatic N) is 3. The zero-order valence-corrected chi connectivity index (χ0v) is 14.7. The fourth-order valence-corrected chi connectivity index (χ4v) is 2.46. The van der Waals surface area contributed by atoms with Crippen LogP contribution in [-0.2, 0) is 4.79 Å². The maximum atomic E-state index is 12.0. The molecule has 0 bridgehead atoms. The number of aromatic nitrogens is 2. The molecular weight excluding hydrogens is 348 g/mol. The SMILES string of the molecule is Cc1ccc(-c2nnc(NC(=O)C=Cc3ccc([N+](=O)[O-])cc3)o2)c(C)c1. The number of nitro groups is 1. The maximum absolute atomic E-state index is 12.0. The molecule has 3 aromatic rings. The van der Waals surface area contributed by atoms with Crippen molar-refractivity contribution in [3.05, 3.63) is 75.3 Å². The highest BCUT2D eigenvalue weighted by Gasteiger charge is 2.12. The molecule has 1 N–H and O–H groups in total. The Balaban J connectivity index is 1.66. The van der Waals surface area contributed by atoms with Gasteiger partial charge in [-0.3, -0.25) is 20.2 Å². The van der Waals surface area contributed by atoms with Crippen molar-refractivity contribution in [2.75, 3.05) is 5.32 Å². The van der Waals surface area contributed by atoms with Gasteiger partial charge >= 0.3 is 6.01 Å². The highest BCUT2D eigenvalue weighted by Crippen LogP contribution is 2.24. The summed E-state index contributed by atoms with van der Waals surface area (Å²) in [5, 5.41) is 20.9. The van der Waals surface area contributed by atoms with Crippen LogP contribution in [0.2, 0.25) is 0 Å². The molecule has 8 heteroatoms. The van der Waals surface area contributed by atoms with Gasteiger partial charge in [0.05, 0.1) is 4.92 Å². The molecule has 0 atom stereocenters. The molecule has 1 heterocycles. The summed E-state index contributed by atoms with van der Waals surface area (Å²) in [6.45, 7) is 3.94. The van der Waals surface area contributed by atoms with Crippen LogP contribution in [0.1, 0.15) is 16.7 Å². The van der Waals surface area contributed by atoms with Crippen LogP contribution in [-0.4, -0.2) is 21.0 Å². The number of rotatable bonds is 5. The lowest BCUT2D eigenvalue weighted by Crippen LogP contribution is -2.07. The van der Waals surface area contributed by atoms with E-state index in [4.69, 9.17) is 4.42 Å². The van der Waals surface area contributed by atoms with Crippen LogP contribution in [0.5, 0.6) is 0 Å². The van der Waals surface area contributed by atoms with Gasteiger partial charge in [-0.1, -0.05) is 22.8 Å². The summed E-state index contributed by atoms with van der Waals surface area (Å²) in [6, 6.07) is 11.7. The van der Waals surface area contributed by atoms with Crippen LogP contribution < -0.4 is 5.32 Å². The highest BCUT2D eigenvalue weighted by atomic mass is 16.6. The molecule has 27 heavy (non-hydrogen) atoms. The Hall–Kier alpha value is -3.81. The minimum Gasteiger partial charge on any atom is -0.403 e. The first-order valence-corrected chi connectivity index (χ1v) is 8.07. The predicted octanol–water partition coefficient (Wildman–Crippen LogP) is 3.91. The van der Waals surface area contributed by atoms with E-state index >= 15 is 0 Å². The first kappa shape index (κ1) is 18.0. The van der Waals surface area contributed by atoms with Crippen molar-refractivity contribution in [3.63, 3.8) is 0 Å². The van der Waals surface area contributed by atoms with Crippen molar-refractivity contribution in [2.24, 2.45) is 0 Å². The number of hydrogen-bond acceptors (Lipinski definition) is 6. The number of amides is 1. The van der Waals surface area contributed by atoms with E-state index in [0.717, 1.165) is 16.7 Å². The summed E-state index contributed by atoms with van der Waals surface area (Å²) in [5.74, 6) is -0.133. The fourth-order valence-electron chi connectivity index (χ4n) is 2.46. The summed E-state index contributed by atoms with van der Waals surface area (Å²) in [4.78, 5) is 22.1. The number of anilines is 1. The quantitative estimate of drug-likeness (QED) is 0.417. The normalized spacial score (nSPS) is 10.9. The highest BCUT2D eigenvalue weighted by molar-refractivity contribution is 6.00. The van der Waals surface area contributed by atoms with E-state index in [9.17, 15) is 14.9 Å². The minimum atomic E-state index is -0.483. The predicted molar refractivity (Wildman–Crippen MR) is 100.0 cm³/mol. The third-order valence-electron chi connectivity index (χ3n) is 3.80. The molecule has 136 valence electrons. The van der Waals surface area contributed by atoms with Crippen LogP contribution in [0, 0.1) is 24.0 Å². The molecule has 0 saturated heterocycles. The fraction of sp³-hybridized carbons (Fsp3) is 0.105. The second-order valence-corrected chi connectivity index (χ2v) is 5.90. The van der Waals surface area contributed by atoms with Gasteiger partial charge in [0.1, 0.15) is 0 Å². The van der Waals surface area contributed by atoms with Gasteiger partial charge in [-0.05, 0) is 49.2 Å². The first-order chi connectivity index (χ1) is 12.9. The van der Waals surface area contributed by atoms with E-state index in [2.05, 4.69) is 15.5 Å². The van der Waals surface area contributed by atoms with Crippen molar-refractivity contribution in [3.8, 4) is 11.5 Å². The molecule has 0 radical (unpaired) electrons. The lowest BCUT2D eigenvalue weighted by molar-refractivity contribution is -0.384. The lowest BCUT2D eigenvalue weighted by atomic mass is 10.1. The van der Waals surface area contributed by atoms with E-state index in [0.29, 0.717) is 11.5 Å². The minimum absolute atomic E-state index is 0.0108. The van der Waals surface area contributed by atoms with Crippen molar-refractivity contribution in [2.45, 2.75) is 13.8 Å². The third-order valence-corrected chi connectivity index (χ3v) is 3.80. The summed E-state index contributed by atoms with van der Waals surface area (Å²) in [7, 11) is 0. The summed E-state index contributed by atoms with van der Waals surface area (Å²) >= 11 is 0. The van der Waals surface area contributed by atoms with Gasteiger partial charge in [-0.25, -0.2) is 0 Å². The molecule has 0 saturated carbocycles. The average molecular weight is 364 g/mol. The van der Waals surface area contributed by atoms with Crippen LogP contribution in [0.15, 0.2) is 53.0 Å². The van der Waals surface area contributed by atoms with Crippen LogP contribution >= 0.6 is 0 Å². The second kappa shape index (κ2) is 7.61. The monoisotopic (exact) mass is 364 g/mol. The van der Waals surface area contributed by atoms with Crippen LogP contribution in [0.3, 0.4) is 0 Å². The number of benzene rings is 2. The molecular formula is C19H16N4O4. The standard InChI is InChI=1S/C19H16N4O4/c1-12-3-9-16(13(2)11-12)18-21-22-19(27-18)20-17(24)10-6-14-4-7-15(8-5-14)23(25)26/h3-11H,1-2H3,(H,20,22,24). The average Bonchev–Trinajstić information content (AvgIpc) is 3.08. The van der Waals surface area contributed by atoms with Gasteiger partial charge in [0.2, 0.25) is 5.89 Å². The largest absolute Gasteiger partial charge is 0.403 e. The molecule has 0 unspecified atom stereocenters. The Kier molecular flexibility index (Phi) is 5.07. The summed E-state index contributed by atoms with van der Waals surface area (Å²) in [5.41, 5.74) is 3.56. The van der Waals surface area contributed by atoms with E-state index in [1.54, 1.807) is 12.1 Å². The maximum Gasteiger partial charge on any atom is 0.322 e. The number of carbonyl (C=O) groups excluding carboxylic acids is 1. The number of non-ortho nitro benzene ring substituents is 1. The van der Waals surface area contributed by atoms with Gasteiger partial charge in [0.25, 0.3) is 11.6 Å². The second-order valence-electron chi connectivity index (χ2n) is 5.90. The van der Waals surface area contributed by atoms with E-state index < -0.39 is 10.8 Å². The Morgan fingerprint density at radius 3 is 2.56 bits per heavy atom. The first-order valence-electron chi connectivity index (χ1n) is 8.07. The van der Waals surface area contributed by atoms with E-state index in [1.165, 1.54) is 24.3 Å². The van der Waals surface area contributed by atoms with E-state index in [-0.39, 0.29) is 11.7 Å². The Morgan fingerprint density at radius 1 is 1.15 bits per heavy atom. The smallest absolute Gasteiger partial charge is 0.322 e. The Bertz CT molecular complexity index is 1020. The van der Waals surface area contributed by atoms with Gasteiger partial charge in [0.15, 0.2) is 0 Å². The molecule has 0 spiro atoms. The van der Waals surface area contributed by atoms with E-state index in [1.807, 2.05) is 32.0 Å². The topological polar surface area (TPSA) is 111 Å². The van der Waals surface area contributed by atoms with Gasteiger partial charge < -0.3 is 4.42 Å². The lowest BCUT2D eigenvalue weighted by Gasteiger charge is -2.01. The molecule has 0 aliphatic rings. The summed E-state index contributed by atoms with van der Waals surface area (Å²) in [6.07, 6.45) is 2.81. The molecule has 1 aromatic heterocycles. The summed E-state index contributed by atoms with van der Waals surface area (Å²) < 4.78 is 5.49. The number of carbonyl (C=O) groups is 1. The van der Waals surface area contributed by atoms with Gasteiger partial charge in [-0.15, -0.1) is 5.10 Å². The number of nitro benzene ring substituents is 1. The number of aryl methyl sites for hydroxylation is 2. The molecule has 2 aromatic carbocycles. The molecule has 0 fully saturated rings. The molecule has 0 aliphatic carbocycles. The third kappa shape index (κ3) is 4.43. The van der Waals surface area contributed by atoms with Crippen molar-refractivity contribution in [1.82, 2.24) is 10.2 Å². The van der Waals surface area contributed by atoms with Crippen LogP contribution in [0.4, 0.5) is 11.7 Å². The van der Waals surface area contributed by atoms with Gasteiger partial charge in [0, 0.05) is 23.8 Å². The zero-order chi connectivity index (χ0) is 19.4. The van der Waals surface area contributed by atoms with Gasteiger partial charge in [-0.2, -0.15) is 0 Å². The Morgan fingerprint density at radius 2 is 1.89 bits per heavy atom. The number of hydrogen-bond donors (Lipinski definition) is 1. The Labute approximate surface area is 154 Å². The van der Waals surface area contributed by atoms with Crippen molar-refractivity contribution >= 4 is 23.7 Å².